The summed E-state index contributed by atoms with van der Waals surface area (Å²) < 4.78 is 27.6. The van der Waals surface area contributed by atoms with Crippen LogP contribution >= 0.6 is 0 Å². The van der Waals surface area contributed by atoms with Gasteiger partial charge < -0.3 is 0 Å². The molecule has 0 N–H and O–H groups in total. The molecule has 0 atom stereocenters. The Labute approximate surface area is 169 Å². The number of amides is 2. The number of anilines is 1. The summed E-state index contributed by atoms with van der Waals surface area (Å²) in [6.45, 7) is 4.29. The van der Waals surface area contributed by atoms with Gasteiger partial charge in [0.25, 0.3) is 11.8 Å². The van der Waals surface area contributed by atoms with Gasteiger partial charge in [0.05, 0.1) is 21.7 Å². The van der Waals surface area contributed by atoms with E-state index in [4.69, 9.17) is 0 Å². The molecule has 1 aliphatic rings. The van der Waals surface area contributed by atoms with Crippen molar-refractivity contribution in [3.05, 3.63) is 71.8 Å². The molecular weight excluding hydrogens is 388 g/mol. The van der Waals surface area contributed by atoms with E-state index in [0.29, 0.717) is 40.7 Å². The number of imide groups is 1. The second-order valence-corrected chi connectivity index (χ2v) is 8.62. The molecule has 1 heterocycles. The zero-order chi connectivity index (χ0) is 20.8. The number of fused-ring (bicyclic) bond motifs is 2. The number of sulfonamides is 1. The summed E-state index contributed by atoms with van der Waals surface area (Å²) in [6, 6.07) is 16.6. The van der Waals surface area contributed by atoms with Crippen LogP contribution in [-0.4, -0.2) is 37.6 Å². The van der Waals surface area contributed by atoms with Crippen LogP contribution in [0, 0.1) is 0 Å². The number of hydrogen-bond acceptors (Lipinski definition) is 4. The van der Waals surface area contributed by atoms with Crippen molar-refractivity contribution in [1.82, 2.24) is 4.31 Å². The Balaban J connectivity index is 1.93. The minimum Gasteiger partial charge on any atom is -0.268 e. The average Bonchev–Trinajstić information content (AvgIpc) is 2.98. The van der Waals surface area contributed by atoms with Gasteiger partial charge in [-0.2, -0.15) is 4.31 Å². The van der Waals surface area contributed by atoms with Crippen molar-refractivity contribution < 1.29 is 18.0 Å². The van der Waals surface area contributed by atoms with Crippen molar-refractivity contribution in [2.75, 3.05) is 18.0 Å². The number of benzene rings is 3. The second-order valence-electron chi connectivity index (χ2n) is 6.71. The van der Waals surface area contributed by atoms with Crippen molar-refractivity contribution in [3.8, 4) is 0 Å². The predicted molar refractivity (Wildman–Crippen MR) is 112 cm³/mol. The Morgan fingerprint density at radius 2 is 1.28 bits per heavy atom. The van der Waals surface area contributed by atoms with Crippen LogP contribution in [0.25, 0.3) is 10.8 Å². The van der Waals surface area contributed by atoms with Gasteiger partial charge in [0.15, 0.2) is 0 Å². The van der Waals surface area contributed by atoms with E-state index in [0.717, 1.165) is 4.90 Å². The highest BCUT2D eigenvalue weighted by atomic mass is 32.2. The molecule has 3 aromatic rings. The maximum absolute atomic E-state index is 13.1. The van der Waals surface area contributed by atoms with Crippen molar-refractivity contribution in [2.24, 2.45) is 0 Å². The first kappa shape index (κ1) is 19.3. The van der Waals surface area contributed by atoms with Crippen LogP contribution in [0.1, 0.15) is 34.6 Å². The molecule has 148 valence electrons. The fourth-order valence-corrected chi connectivity index (χ4v) is 5.44. The Kier molecular flexibility index (Phi) is 4.72. The van der Waals surface area contributed by atoms with Gasteiger partial charge in [-0.25, -0.2) is 13.3 Å². The average molecular weight is 408 g/mol. The maximum Gasteiger partial charge on any atom is 0.266 e. The summed E-state index contributed by atoms with van der Waals surface area (Å²) in [5.41, 5.74) is 1.08. The third kappa shape index (κ3) is 2.85. The van der Waals surface area contributed by atoms with Gasteiger partial charge in [-0.3, -0.25) is 9.59 Å². The van der Waals surface area contributed by atoms with E-state index in [-0.39, 0.29) is 4.90 Å². The summed E-state index contributed by atoms with van der Waals surface area (Å²) >= 11 is 0. The molecule has 3 aromatic carbocycles. The van der Waals surface area contributed by atoms with Crippen LogP contribution in [0.2, 0.25) is 0 Å². The van der Waals surface area contributed by atoms with E-state index in [1.165, 1.54) is 10.4 Å². The number of rotatable bonds is 5. The van der Waals surface area contributed by atoms with Crippen LogP contribution in [0.15, 0.2) is 65.6 Å². The zero-order valence-electron chi connectivity index (χ0n) is 16.1. The summed E-state index contributed by atoms with van der Waals surface area (Å²) in [4.78, 5) is 27.1. The van der Waals surface area contributed by atoms with Gasteiger partial charge in [-0.05, 0) is 24.3 Å². The quantitative estimate of drug-likeness (QED) is 0.604. The van der Waals surface area contributed by atoms with Crippen molar-refractivity contribution in [2.45, 2.75) is 18.7 Å². The molecule has 0 radical (unpaired) electrons. The van der Waals surface area contributed by atoms with E-state index in [2.05, 4.69) is 0 Å². The van der Waals surface area contributed by atoms with Gasteiger partial charge in [-0.15, -0.1) is 0 Å². The molecule has 29 heavy (non-hydrogen) atoms. The van der Waals surface area contributed by atoms with E-state index >= 15 is 0 Å². The molecule has 0 bridgehead atoms. The van der Waals surface area contributed by atoms with Crippen LogP contribution < -0.4 is 4.90 Å². The lowest BCUT2D eigenvalue weighted by atomic mass is 10.1. The standard InChI is InChI=1S/C22H20N2O4S/c1-3-23(4-2)29(27,28)20-14-13-19(15-9-5-6-10-16(15)20)24-21(25)17-11-7-8-12-18(17)22(24)26/h5-14H,3-4H2,1-2H3. The lowest BCUT2D eigenvalue weighted by molar-refractivity contribution is 0.0926. The SMILES string of the molecule is CCN(CC)S(=O)(=O)c1ccc(N2C(=O)c3ccccc3C2=O)c2ccccc12. The Bertz CT molecular complexity index is 1210. The molecule has 0 spiro atoms. The van der Waals surface area contributed by atoms with Crippen molar-refractivity contribution in [1.29, 1.82) is 0 Å². The molecular formula is C22H20N2O4S. The maximum atomic E-state index is 13.1. The highest BCUT2D eigenvalue weighted by molar-refractivity contribution is 7.89. The van der Waals surface area contributed by atoms with Gasteiger partial charge in [0, 0.05) is 23.9 Å². The summed E-state index contributed by atoms with van der Waals surface area (Å²) in [6.07, 6.45) is 0. The fourth-order valence-electron chi connectivity index (χ4n) is 3.79. The van der Waals surface area contributed by atoms with Gasteiger partial charge >= 0.3 is 0 Å². The lowest BCUT2D eigenvalue weighted by Crippen LogP contribution is -2.31. The molecule has 4 rings (SSSR count). The summed E-state index contributed by atoms with van der Waals surface area (Å²) in [7, 11) is -3.70. The second kappa shape index (κ2) is 7.09. The first-order valence-corrected chi connectivity index (χ1v) is 10.9. The third-order valence-electron chi connectivity index (χ3n) is 5.22. The third-order valence-corrected chi connectivity index (χ3v) is 7.33. The Morgan fingerprint density at radius 3 is 1.83 bits per heavy atom. The number of carbonyl (C=O) groups is 2. The normalized spacial score (nSPS) is 14.1. The van der Waals surface area contributed by atoms with Crippen molar-refractivity contribution >= 4 is 38.3 Å². The van der Waals surface area contributed by atoms with Crippen LogP contribution in [0.3, 0.4) is 0 Å². The Hall–Kier alpha value is -3.03. The zero-order valence-corrected chi connectivity index (χ0v) is 16.9. The van der Waals surface area contributed by atoms with Crippen LogP contribution in [0.4, 0.5) is 5.69 Å². The number of hydrogen-bond donors (Lipinski definition) is 0. The topological polar surface area (TPSA) is 74.8 Å². The largest absolute Gasteiger partial charge is 0.268 e. The Morgan fingerprint density at radius 1 is 0.759 bits per heavy atom. The van der Waals surface area contributed by atoms with Crippen LogP contribution in [-0.2, 0) is 10.0 Å². The first-order valence-electron chi connectivity index (χ1n) is 9.41. The minimum absolute atomic E-state index is 0.164. The molecule has 0 fully saturated rings. The van der Waals surface area contributed by atoms with Gasteiger partial charge in [0.1, 0.15) is 0 Å². The first-order chi connectivity index (χ1) is 13.9. The smallest absolute Gasteiger partial charge is 0.266 e. The van der Waals surface area contributed by atoms with Gasteiger partial charge in [-0.1, -0.05) is 50.2 Å². The van der Waals surface area contributed by atoms with E-state index in [1.807, 2.05) is 0 Å². The molecule has 0 aliphatic carbocycles. The molecule has 6 nitrogen and oxygen atoms in total. The molecule has 0 saturated heterocycles. The number of nitrogens with zero attached hydrogens (tertiary/aromatic N) is 2. The van der Waals surface area contributed by atoms with E-state index in [1.54, 1.807) is 68.4 Å². The predicted octanol–water partition coefficient (Wildman–Crippen LogP) is 3.67. The molecule has 2 amide bonds. The molecule has 7 heteroatoms. The highest BCUT2D eigenvalue weighted by Crippen LogP contribution is 2.36. The highest BCUT2D eigenvalue weighted by Gasteiger charge is 2.37. The van der Waals surface area contributed by atoms with Gasteiger partial charge in [0.2, 0.25) is 10.0 Å². The molecule has 0 saturated carbocycles. The summed E-state index contributed by atoms with van der Waals surface area (Å²) in [5, 5.41) is 1.02. The van der Waals surface area contributed by atoms with Crippen LogP contribution in [0.5, 0.6) is 0 Å². The summed E-state index contributed by atoms with van der Waals surface area (Å²) in [5.74, 6) is -0.815. The van der Waals surface area contributed by atoms with Crippen molar-refractivity contribution in [3.63, 3.8) is 0 Å². The fraction of sp³-hybridized carbons (Fsp3) is 0.182. The monoisotopic (exact) mass is 408 g/mol. The molecule has 0 aromatic heterocycles. The molecule has 0 unspecified atom stereocenters. The number of carbonyl (C=O) groups excluding carboxylic acids is 2. The minimum atomic E-state index is -3.70. The van der Waals surface area contributed by atoms with E-state index < -0.39 is 21.8 Å². The van der Waals surface area contributed by atoms with E-state index in [9.17, 15) is 18.0 Å². The lowest BCUT2D eigenvalue weighted by Gasteiger charge is -2.22. The molecule has 1 aliphatic heterocycles.